The molecule has 1 aliphatic rings. The number of anilines is 3. The molecule has 4 aromatic rings. The van der Waals surface area contributed by atoms with Crippen LogP contribution < -0.4 is 10.6 Å². The number of rotatable bonds is 9. The number of fused-ring (bicyclic) bond motifs is 1. The lowest BCUT2D eigenvalue weighted by molar-refractivity contribution is -0.139. The second-order valence-corrected chi connectivity index (χ2v) is 13.3. The van der Waals surface area contributed by atoms with Gasteiger partial charge in [0.15, 0.2) is 0 Å². The maximum absolute atomic E-state index is 14.0. The Morgan fingerprint density at radius 1 is 1.12 bits per heavy atom. The fraction of sp³-hybridized carbons (Fsp3) is 0.333. The molecule has 0 aliphatic carbocycles. The molecule has 2 aromatic heterocycles. The van der Waals surface area contributed by atoms with E-state index in [4.69, 9.17) is 11.6 Å². The number of hydrogen-bond acceptors (Lipinski definition) is 7. The van der Waals surface area contributed by atoms with Crippen LogP contribution >= 0.6 is 11.6 Å². The van der Waals surface area contributed by atoms with E-state index >= 15 is 0 Å². The first-order valence-electron chi connectivity index (χ1n) is 15.8. The molecule has 0 spiro atoms. The van der Waals surface area contributed by atoms with Gasteiger partial charge in [0.05, 0.1) is 45.6 Å². The molecule has 256 valence electrons. The molecule has 2 N–H and O–H groups in total. The zero-order valence-electron chi connectivity index (χ0n) is 27.6. The van der Waals surface area contributed by atoms with Crippen molar-refractivity contribution < 1.29 is 17.6 Å². The molecule has 0 bridgehead atoms. The van der Waals surface area contributed by atoms with Gasteiger partial charge in [-0.3, -0.25) is 9.88 Å². The average Bonchev–Trinajstić information content (AvgIpc) is 3.54. The fourth-order valence-corrected chi connectivity index (χ4v) is 6.11. The average molecular weight is 693 g/mol. The Balaban J connectivity index is 1.51. The number of nitrogens with one attached hydrogen (secondary N) is 2. The minimum Gasteiger partial charge on any atom is -0.373 e. The molecule has 5 rings (SSSR count). The van der Waals surface area contributed by atoms with E-state index in [1.165, 1.54) is 6.20 Å². The Bertz CT molecular complexity index is 1940. The standard InChI is InChI=1S/C36H37ClF4N8/c1-6-7-8-9-22(2)32(31-21-49(47-46-31)26-12-14-48(15-13-26)35(3,4)5)45-25-16-27-33(23(19-42)20-43-34(27)29(37)18-25)44-24-10-11-30(38)28(17-24)36(39,40)41/h6-11,16-18,20-21,26,32,45H,2,12-15H2,1,3-5H3,(H,43,44)/b7-6-,9-8-/t32-/m0/s1. The molecule has 0 saturated carbocycles. The number of nitriles is 1. The van der Waals surface area contributed by atoms with Crippen molar-refractivity contribution in [1.29, 1.82) is 5.26 Å². The van der Waals surface area contributed by atoms with Crippen LogP contribution in [0.1, 0.15) is 69.4 Å². The van der Waals surface area contributed by atoms with E-state index in [1.807, 2.05) is 48.2 Å². The number of piperidine rings is 1. The Morgan fingerprint density at radius 3 is 2.51 bits per heavy atom. The van der Waals surface area contributed by atoms with Crippen LogP contribution in [0.5, 0.6) is 0 Å². The quantitative estimate of drug-likeness (QED) is 0.133. The smallest absolute Gasteiger partial charge is 0.373 e. The first kappa shape index (κ1) is 35.6. The van der Waals surface area contributed by atoms with Gasteiger partial charge in [-0.1, -0.05) is 47.7 Å². The molecule has 13 heteroatoms. The maximum Gasteiger partial charge on any atom is 0.419 e. The molecule has 49 heavy (non-hydrogen) atoms. The lowest BCUT2D eigenvalue weighted by Crippen LogP contribution is -2.46. The van der Waals surface area contributed by atoms with E-state index in [9.17, 15) is 22.8 Å². The van der Waals surface area contributed by atoms with Gasteiger partial charge < -0.3 is 10.6 Å². The SMILES string of the molecule is C=C(/C=C\C=C/C)[C@H](Nc1cc(Cl)c2ncc(C#N)c(Nc3ccc(F)c(C(F)(F)F)c3)c2c1)c1cn(C2CCN(C(C)(C)C)CC2)nn1. The summed E-state index contributed by atoms with van der Waals surface area (Å²) < 4.78 is 56.4. The van der Waals surface area contributed by atoms with Gasteiger partial charge in [0.25, 0.3) is 0 Å². The van der Waals surface area contributed by atoms with E-state index in [2.05, 4.69) is 58.2 Å². The summed E-state index contributed by atoms with van der Waals surface area (Å²) in [5.41, 5.74) is 0.912. The van der Waals surface area contributed by atoms with Crippen LogP contribution in [0.15, 0.2) is 79.2 Å². The molecule has 1 aliphatic heterocycles. The van der Waals surface area contributed by atoms with E-state index in [-0.39, 0.29) is 33.5 Å². The Kier molecular flexibility index (Phi) is 10.5. The number of pyridine rings is 1. The number of halogens is 5. The van der Waals surface area contributed by atoms with Gasteiger partial charge in [0.1, 0.15) is 17.6 Å². The zero-order chi connectivity index (χ0) is 35.5. The van der Waals surface area contributed by atoms with Gasteiger partial charge >= 0.3 is 6.18 Å². The van der Waals surface area contributed by atoms with Gasteiger partial charge in [-0.15, -0.1) is 5.10 Å². The van der Waals surface area contributed by atoms with Crippen LogP contribution in [0.25, 0.3) is 10.9 Å². The second-order valence-electron chi connectivity index (χ2n) is 12.9. The van der Waals surface area contributed by atoms with Gasteiger partial charge in [0.2, 0.25) is 0 Å². The summed E-state index contributed by atoms with van der Waals surface area (Å²) in [5, 5.41) is 25.8. The summed E-state index contributed by atoms with van der Waals surface area (Å²) in [4.78, 5) is 6.80. The molecule has 3 heterocycles. The van der Waals surface area contributed by atoms with Crippen molar-refractivity contribution in [2.45, 2.75) is 64.3 Å². The van der Waals surface area contributed by atoms with Crippen molar-refractivity contribution in [1.82, 2.24) is 24.9 Å². The third-order valence-corrected chi connectivity index (χ3v) is 8.78. The number of nitrogens with zero attached hydrogens (tertiary/aromatic N) is 6. The highest BCUT2D eigenvalue weighted by atomic mass is 35.5. The second kappa shape index (κ2) is 14.4. The highest BCUT2D eigenvalue weighted by molar-refractivity contribution is 6.36. The first-order valence-corrected chi connectivity index (χ1v) is 16.1. The molecule has 0 radical (unpaired) electrons. The number of alkyl halides is 3. The van der Waals surface area contributed by atoms with Gasteiger partial charge in [0, 0.05) is 41.6 Å². The predicted octanol–water partition coefficient (Wildman–Crippen LogP) is 9.53. The lowest BCUT2D eigenvalue weighted by atomic mass is 9.98. The molecule has 0 amide bonds. The van der Waals surface area contributed by atoms with Gasteiger partial charge in [-0.2, -0.15) is 18.4 Å². The summed E-state index contributed by atoms with van der Waals surface area (Å²) in [6.45, 7) is 14.7. The first-order chi connectivity index (χ1) is 23.2. The molecular weight excluding hydrogens is 656 g/mol. The number of allylic oxidation sites excluding steroid dienone is 3. The van der Waals surface area contributed by atoms with Gasteiger partial charge in [-0.05, 0) is 76.4 Å². The van der Waals surface area contributed by atoms with Crippen LogP contribution in [0.3, 0.4) is 0 Å². The van der Waals surface area contributed by atoms with Crippen LogP contribution in [0, 0.1) is 17.1 Å². The minimum absolute atomic E-state index is 0.0503. The van der Waals surface area contributed by atoms with E-state index in [0.717, 1.165) is 38.1 Å². The lowest BCUT2D eigenvalue weighted by Gasteiger charge is -2.40. The Labute approximate surface area is 287 Å². The third-order valence-electron chi connectivity index (χ3n) is 8.49. The van der Waals surface area contributed by atoms with Crippen molar-refractivity contribution in [2.24, 2.45) is 0 Å². The molecule has 2 aromatic carbocycles. The van der Waals surface area contributed by atoms with Crippen LogP contribution in [0.4, 0.5) is 34.6 Å². The molecule has 1 fully saturated rings. The maximum atomic E-state index is 14.0. The minimum atomic E-state index is -4.91. The topological polar surface area (TPSA) is 94.7 Å². The van der Waals surface area contributed by atoms with E-state index in [0.29, 0.717) is 33.9 Å². The molecule has 1 atom stereocenters. The van der Waals surface area contributed by atoms with Crippen molar-refractivity contribution in [3.8, 4) is 6.07 Å². The highest BCUT2D eigenvalue weighted by Gasteiger charge is 2.34. The van der Waals surface area contributed by atoms with E-state index < -0.39 is 23.6 Å². The number of hydrogen-bond donors (Lipinski definition) is 2. The Hall–Kier alpha value is -4.73. The molecule has 0 unspecified atom stereocenters. The highest BCUT2D eigenvalue weighted by Crippen LogP contribution is 2.39. The normalized spacial score (nSPS) is 15.6. The zero-order valence-corrected chi connectivity index (χ0v) is 28.4. The number of likely N-dealkylation sites (tertiary alicyclic amines) is 1. The molecule has 8 nitrogen and oxygen atoms in total. The van der Waals surface area contributed by atoms with E-state index in [1.54, 1.807) is 12.1 Å². The van der Waals surface area contributed by atoms with Crippen LogP contribution in [-0.2, 0) is 6.18 Å². The van der Waals surface area contributed by atoms with Crippen molar-refractivity contribution in [2.75, 3.05) is 23.7 Å². The third kappa shape index (κ3) is 8.12. The summed E-state index contributed by atoms with van der Waals surface area (Å²) in [5.74, 6) is -1.41. The summed E-state index contributed by atoms with van der Waals surface area (Å²) in [7, 11) is 0. The van der Waals surface area contributed by atoms with Crippen molar-refractivity contribution in [3.63, 3.8) is 0 Å². The van der Waals surface area contributed by atoms with Crippen molar-refractivity contribution >= 4 is 39.6 Å². The summed E-state index contributed by atoms with van der Waals surface area (Å²) in [6, 6.07) is 7.55. The monoisotopic (exact) mass is 692 g/mol. The molecule has 1 saturated heterocycles. The Morgan fingerprint density at radius 2 is 1.86 bits per heavy atom. The largest absolute Gasteiger partial charge is 0.419 e. The van der Waals surface area contributed by atoms with Gasteiger partial charge in [-0.25, -0.2) is 9.07 Å². The van der Waals surface area contributed by atoms with Crippen LogP contribution in [0.2, 0.25) is 5.02 Å². The summed E-state index contributed by atoms with van der Waals surface area (Å²) >= 11 is 6.71. The van der Waals surface area contributed by atoms with Crippen molar-refractivity contribution in [3.05, 3.63) is 107 Å². The number of aromatic nitrogens is 4. The fourth-order valence-electron chi connectivity index (χ4n) is 5.84. The summed E-state index contributed by atoms with van der Waals surface area (Å²) in [6.07, 6.45) is 7.64. The molecular formula is C36H37ClF4N8. The number of benzene rings is 2. The predicted molar refractivity (Wildman–Crippen MR) is 185 cm³/mol. The van der Waals surface area contributed by atoms with Crippen LogP contribution in [-0.4, -0.2) is 43.5 Å².